The van der Waals surface area contributed by atoms with Gasteiger partial charge in [0.25, 0.3) is 0 Å². The molecule has 0 bridgehead atoms. The number of aliphatic hydroxyl groups excluding tert-OH is 1. The van der Waals surface area contributed by atoms with E-state index in [1.807, 2.05) is 25.1 Å². The summed E-state index contributed by atoms with van der Waals surface area (Å²) in [6.45, 7) is 10.7. The van der Waals surface area contributed by atoms with Crippen LogP contribution in [0.15, 0.2) is 30.3 Å². The van der Waals surface area contributed by atoms with Crippen LogP contribution >= 0.6 is 0 Å². The first-order valence-corrected chi connectivity index (χ1v) is 7.36. The second-order valence-electron chi connectivity index (χ2n) is 5.88. The Kier molecular flexibility index (Phi) is 4.69. The molecule has 2 rings (SSSR count). The minimum atomic E-state index is -0.528. The lowest BCUT2D eigenvalue weighted by Crippen LogP contribution is -2.04. The lowest BCUT2D eigenvalue weighted by Gasteiger charge is -2.17. The van der Waals surface area contributed by atoms with E-state index >= 15 is 0 Å². The van der Waals surface area contributed by atoms with Gasteiger partial charge in [-0.05, 0) is 63.4 Å². The van der Waals surface area contributed by atoms with Gasteiger partial charge in [0, 0.05) is 5.56 Å². The van der Waals surface area contributed by atoms with Crippen LogP contribution in [-0.4, -0.2) is 5.11 Å². The molecule has 0 spiro atoms. The van der Waals surface area contributed by atoms with Crippen LogP contribution in [0.5, 0.6) is 5.75 Å². The van der Waals surface area contributed by atoms with Gasteiger partial charge in [-0.2, -0.15) is 0 Å². The summed E-state index contributed by atoms with van der Waals surface area (Å²) in [6.07, 6.45) is -0.528. The monoisotopic (exact) mass is 284 g/mol. The summed E-state index contributed by atoms with van der Waals surface area (Å²) in [5.74, 6) is 0.759. The number of benzene rings is 2. The van der Waals surface area contributed by atoms with Crippen LogP contribution in [-0.2, 0) is 6.61 Å². The lowest BCUT2D eigenvalue weighted by molar-refractivity contribution is 0.190. The standard InChI is InChI=1S/C19H24O2/c1-12-6-7-19(17(10-12)16(5)20)21-11-18-14(3)8-13(2)9-15(18)4/h6-10,16,20H,11H2,1-5H3/t16-/m0/s1. The Morgan fingerprint density at radius 1 is 0.952 bits per heavy atom. The number of hydrogen-bond acceptors (Lipinski definition) is 2. The Balaban J connectivity index is 2.25. The number of hydrogen-bond donors (Lipinski definition) is 1. The fourth-order valence-electron chi connectivity index (χ4n) is 2.71. The van der Waals surface area contributed by atoms with E-state index in [2.05, 4.69) is 32.9 Å². The van der Waals surface area contributed by atoms with Gasteiger partial charge in [0.15, 0.2) is 0 Å². The van der Waals surface area contributed by atoms with Gasteiger partial charge in [0.05, 0.1) is 6.10 Å². The molecule has 0 fully saturated rings. The molecule has 0 aliphatic rings. The van der Waals surface area contributed by atoms with Crippen LogP contribution < -0.4 is 4.74 Å². The topological polar surface area (TPSA) is 29.5 Å². The summed E-state index contributed by atoms with van der Waals surface area (Å²) in [7, 11) is 0. The van der Waals surface area contributed by atoms with Crippen molar-refractivity contribution in [3.05, 3.63) is 63.7 Å². The maximum atomic E-state index is 9.89. The summed E-state index contributed by atoms with van der Waals surface area (Å²) >= 11 is 0. The molecule has 21 heavy (non-hydrogen) atoms. The third kappa shape index (κ3) is 3.64. The molecule has 112 valence electrons. The third-order valence-corrected chi connectivity index (χ3v) is 3.83. The molecule has 0 amide bonds. The predicted molar refractivity (Wildman–Crippen MR) is 86.8 cm³/mol. The van der Waals surface area contributed by atoms with Crippen molar-refractivity contribution in [1.82, 2.24) is 0 Å². The summed E-state index contributed by atoms with van der Waals surface area (Å²) in [4.78, 5) is 0. The summed E-state index contributed by atoms with van der Waals surface area (Å²) in [5.41, 5.74) is 6.96. The summed E-state index contributed by atoms with van der Waals surface area (Å²) in [5, 5.41) is 9.89. The van der Waals surface area contributed by atoms with E-state index < -0.39 is 6.10 Å². The second kappa shape index (κ2) is 6.31. The maximum Gasteiger partial charge on any atom is 0.125 e. The fourth-order valence-corrected chi connectivity index (χ4v) is 2.71. The van der Waals surface area contributed by atoms with E-state index in [-0.39, 0.29) is 0 Å². The molecule has 0 saturated heterocycles. The smallest absolute Gasteiger partial charge is 0.125 e. The van der Waals surface area contributed by atoms with Crippen LogP contribution in [0.2, 0.25) is 0 Å². The normalized spacial score (nSPS) is 12.3. The zero-order valence-corrected chi connectivity index (χ0v) is 13.5. The highest BCUT2D eigenvalue weighted by atomic mass is 16.5. The molecule has 0 radical (unpaired) electrons. The molecule has 1 N–H and O–H groups in total. The summed E-state index contributed by atoms with van der Waals surface area (Å²) < 4.78 is 5.98. The van der Waals surface area contributed by atoms with Crippen molar-refractivity contribution < 1.29 is 9.84 Å². The number of ether oxygens (including phenoxy) is 1. The van der Waals surface area contributed by atoms with Gasteiger partial charge in [-0.25, -0.2) is 0 Å². The van der Waals surface area contributed by atoms with Gasteiger partial charge in [0.1, 0.15) is 12.4 Å². The molecule has 1 atom stereocenters. The molecule has 0 heterocycles. The molecule has 2 heteroatoms. The van der Waals surface area contributed by atoms with Crippen LogP contribution in [0.3, 0.4) is 0 Å². The molecule has 2 aromatic rings. The Morgan fingerprint density at radius 2 is 1.57 bits per heavy atom. The zero-order valence-electron chi connectivity index (χ0n) is 13.5. The first-order valence-electron chi connectivity index (χ1n) is 7.36. The molecule has 2 aromatic carbocycles. The summed E-state index contributed by atoms with van der Waals surface area (Å²) in [6, 6.07) is 10.3. The molecule has 0 aliphatic heterocycles. The number of rotatable bonds is 4. The average molecular weight is 284 g/mol. The number of aliphatic hydroxyl groups is 1. The van der Waals surface area contributed by atoms with Crippen LogP contribution in [0, 0.1) is 27.7 Å². The Labute approximate surface area is 127 Å². The molecule has 2 nitrogen and oxygen atoms in total. The first-order chi connectivity index (χ1) is 9.88. The highest BCUT2D eigenvalue weighted by Gasteiger charge is 2.11. The van der Waals surface area contributed by atoms with Gasteiger partial charge in [0.2, 0.25) is 0 Å². The van der Waals surface area contributed by atoms with Gasteiger partial charge < -0.3 is 9.84 Å². The van der Waals surface area contributed by atoms with Crippen molar-refractivity contribution in [3.63, 3.8) is 0 Å². The van der Waals surface area contributed by atoms with Gasteiger partial charge in [-0.1, -0.05) is 29.3 Å². The molecular formula is C19H24O2. The van der Waals surface area contributed by atoms with E-state index in [1.165, 1.54) is 22.3 Å². The SMILES string of the molecule is Cc1cc(C)c(COc2ccc(C)cc2[C@H](C)O)c(C)c1. The van der Waals surface area contributed by atoms with E-state index in [1.54, 1.807) is 6.92 Å². The van der Waals surface area contributed by atoms with Crippen molar-refractivity contribution in [2.75, 3.05) is 0 Å². The second-order valence-corrected chi connectivity index (χ2v) is 5.88. The Morgan fingerprint density at radius 3 is 2.14 bits per heavy atom. The molecule has 0 aromatic heterocycles. The first kappa shape index (κ1) is 15.6. The van der Waals surface area contributed by atoms with Gasteiger partial charge >= 0.3 is 0 Å². The van der Waals surface area contributed by atoms with Crippen LogP contribution in [0.1, 0.15) is 46.4 Å². The van der Waals surface area contributed by atoms with Crippen LogP contribution in [0.25, 0.3) is 0 Å². The molecule has 0 unspecified atom stereocenters. The fraction of sp³-hybridized carbons (Fsp3) is 0.368. The van der Waals surface area contributed by atoms with Gasteiger partial charge in [-0.3, -0.25) is 0 Å². The number of aryl methyl sites for hydroxylation is 4. The maximum absolute atomic E-state index is 9.89. The van der Waals surface area contributed by atoms with E-state index in [0.29, 0.717) is 6.61 Å². The Bertz CT molecular complexity index is 619. The van der Waals surface area contributed by atoms with Crippen molar-refractivity contribution in [2.24, 2.45) is 0 Å². The molecular weight excluding hydrogens is 260 g/mol. The van der Waals surface area contributed by atoms with Crippen LogP contribution in [0.4, 0.5) is 0 Å². The average Bonchev–Trinajstić information content (AvgIpc) is 2.38. The molecule has 0 aliphatic carbocycles. The lowest BCUT2D eigenvalue weighted by atomic mass is 10.0. The van der Waals surface area contributed by atoms with Crippen molar-refractivity contribution in [3.8, 4) is 5.75 Å². The third-order valence-electron chi connectivity index (χ3n) is 3.83. The Hall–Kier alpha value is -1.80. The zero-order chi connectivity index (χ0) is 15.6. The van der Waals surface area contributed by atoms with Crippen molar-refractivity contribution in [1.29, 1.82) is 0 Å². The van der Waals surface area contributed by atoms with E-state index in [9.17, 15) is 5.11 Å². The highest BCUT2D eigenvalue weighted by Crippen LogP contribution is 2.28. The largest absolute Gasteiger partial charge is 0.489 e. The predicted octanol–water partition coefficient (Wildman–Crippen LogP) is 4.55. The van der Waals surface area contributed by atoms with E-state index in [0.717, 1.165) is 16.9 Å². The van der Waals surface area contributed by atoms with Crippen molar-refractivity contribution in [2.45, 2.75) is 47.3 Å². The van der Waals surface area contributed by atoms with Crippen molar-refractivity contribution >= 4 is 0 Å². The minimum Gasteiger partial charge on any atom is -0.489 e. The van der Waals surface area contributed by atoms with E-state index in [4.69, 9.17) is 4.74 Å². The molecule has 0 saturated carbocycles. The highest BCUT2D eigenvalue weighted by molar-refractivity contribution is 5.40. The minimum absolute atomic E-state index is 0.528. The quantitative estimate of drug-likeness (QED) is 0.892. The van der Waals surface area contributed by atoms with Gasteiger partial charge in [-0.15, -0.1) is 0 Å².